The predicted octanol–water partition coefficient (Wildman–Crippen LogP) is 4.49. The lowest BCUT2D eigenvalue weighted by Gasteiger charge is -2.19. The lowest BCUT2D eigenvalue weighted by molar-refractivity contribution is 0.478. The lowest BCUT2D eigenvalue weighted by atomic mass is 9.92. The second kappa shape index (κ2) is 7.04. The van der Waals surface area contributed by atoms with Crippen LogP contribution >= 0.6 is 0 Å². The van der Waals surface area contributed by atoms with Crippen LogP contribution in [0.25, 0.3) is 0 Å². The number of nitrogens with one attached hydrogen (secondary N) is 1. The van der Waals surface area contributed by atoms with Crippen LogP contribution in [0.2, 0.25) is 0 Å². The number of hydrogen-bond donors (Lipinski definition) is 1. The molecule has 0 aliphatic heterocycles. The molecule has 0 saturated heterocycles. The number of halogens is 1. The van der Waals surface area contributed by atoms with E-state index in [0.717, 1.165) is 18.5 Å². The molecule has 1 atom stereocenters. The van der Waals surface area contributed by atoms with Gasteiger partial charge in [0.05, 0.1) is 0 Å². The molecule has 1 aromatic rings. The molecule has 0 radical (unpaired) electrons. The summed E-state index contributed by atoms with van der Waals surface area (Å²) in [5.41, 5.74) is 1.28. The zero-order valence-corrected chi connectivity index (χ0v) is 12.2. The van der Waals surface area contributed by atoms with E-state index in [-0.39, 0.29) is 5.82 Å². The van der Waals surface area contributed by atoms with Crippen molar-refractivity contribution in [2.24, 2.45) is 5.92 Å². The van der Waals surface area contributed by atoms with E-state index in [1.807, 2.05) is 12.1 Å². The highest BCUT2D eigenvalue weighted by Gasteiger charge is 2.22. The van der Waals surface area contributed by atoms with E-state index in [4.69, 9.17) is 0 Å². The molecule has 1 fully saturated rings. The zero-order valence-electron chi connectivity index (χ0n) is 12.2. The van der Waals surface area contributed by atoms with Gasteiger partial charge in [-0.15, -0.1) is 0 Å². The van der Waals surface area contributed by atoms with Crippen LogP contribution in [0.15, 0.2) is 24.3 Å². The summed E-state index contributed by atoms with van der Waals surface area (Å²) < 4.78 is 13.0. The Morgan fingerprint density at radius 3 is 2.42 bits per heavy atom. The van der Waals surface area contributed by atoms with Crippen molar-refractivity contribution in [3.63, 3.8) is 0 Å². The van der Waals surface area contributed by atoms with E-state index in [1.165, 1.54) is 37.7 Å². The molecule has 0 aromatic heterocycles. The molecule has 0 spiro atoms. The first kappa shape index (κ1) is 14.5. The minimum atomic E-state index is -0.139. The summed E-state index contributed by atoms with van der Waals surface area (Å²) in [6.45, 7) is 5.58. The summed E-state index contributed by atoms with van der Waals surface area (Å²) in [5.74, 6) is 1.16. The highest BCUT2D eigenvalue weighted by atomic mass is 19.1. The molecule has 0 heterocycles. The van der Waals surface area contributed by atoms with Crippen molar-refractivity contribution < 1.29 is 4.39 Å². The fraction of sp³-hybridized carbons (Fsp3) is 0.647. The van der Waals surface area contributed by atoms with Crippen LogP contribution in [-0.2, 0) is 0 Å². The second-order valence-corrected chi connectivity index (χ2v) is 6.26. The Labute approximate surface area is 116 Å². The van der Waals surface area contributed by atoms with E-state index in [2.05, 4.69) is 19.2 Å². The third-order valence-electron chi connectivity index (χ3n) is 3.91. The zero-order chi connectivity index (χ0) is 13.7. The van der Waals surface area contributed by atoms with E-state index >= 15 is 0 Å². The van der Waals surface area contributed by atoms with Gasteiger partial charge in [-0.25, -0.2) is 4.39 Å². The Bertz CT molecular complexity index is 367. The summed E-state index contributed by atoms with van der Waals surface area (Å²) in [7, 11) is 0. The first-order valence-corrected chi connectivity index (χ1v) is 7.64. The van der Waals surface area contributed by atoms with Gasteiger partial charge in [0.2, 0.25) is 0 Å². The van der Waals surface area contributed by atoms with Crippen molar-refractivity contribution in [1.82, 2.24) is 5.32 Å². The highest BCUT2D eigenvalue weighted by molar-refractivity contribution is 5.21. The van der Waals surface area contributed by atoms with E-state index in [1.54, 1.807) is 12.1 Å². The van der Waals surface area contributed by atoms with Gasteiger partial charge in [-0.1, -0.05) is 38.8 Å². The summed E-state index contributed by atoms with van der Waals surface area (Å²) in [5, 5.41) is 3.61. The summed E-state index contributed by atoms with van der Waals surface area (Å²) >= 11 is 0. The van der Waals surface area contributed by atoms with Gasteiger partial charge < -0.3 is 5.32 Å². The average Bonchev–Trinajstić information content (AvgIpc) is 3.18. The second-order valence-electron chi connectivity index (χ2n) is 6.26. The maximum Gasteiger partial charge on any atom is 0.123 e. The third-order valence-corrected chi connectivity index (χ3v) is 3.91. The van der Waals surface area contributed by atoms with Crippen molar-refractivity contribution in [2.45, 2.75) is 57.9 Å². The molecule has 19 heavy (non-hydrogen) atoms. The number of rotatable bonds is 8. The van der Waals surface area contributed by atoms with Gasteiger partial charge in [0, 0.05) is 12.6 Å². The van der Waals surface area contributed by atoms with Crippen molar-refractivity contribution >= 4 is 0 Å². The first-order chi connectivity index (χ1) is 9.15. The van der Waals surface area contributed by atoms with Crippen LogP contribution in [0, 0.1) is 11.7 Å². The van der Waals surface area contributed by atoms with Gasteiger partial charge in [-0.2, -0.15) is 0 Å². The standard InChI is InChI=1S/C17H26FN/c1-13(2)4-3-5-15(12-19-17-10-11-17)14-6-8-16(18)9-7-14/h6-9,13,15,17,19H,3-5,10-12H2,1-2H3. The van der Waals surface area contributed by atoms with Crippen molar-refractivity contribution in [1.29, 1.82) is 0 Å². The van der Waals surface area contributed by atoms with E-state index < -0.39 is 0 Å². The molecule has 1 saturated carbocycles. The quantitative estimate of drug-likeness (QED) is 0.728. The van der Waals surface area contributed by atoms with Crippen LogP contribution < -0.4 is 5.32 Å². The summed E-state index contributed by atoms with van der Waals surface area (Å²) in [4.78, 5) is 0. The molecule has 1 N–H and O–H groups in total. The minimum absolute atomic E-state index is 0.139. The van der Waals surface area contributed by atoms with Crippen LogP contribution in [0.1, 0.15) is 57.4 Å². The Morgan fingerprint density at radius 1 is 1.16 bits per heavy atom. The molecule has 1 nitrogen and oxygen atoms in total. The summed E-state index contributed by atoms with van der Waals surface area (Å²) in [6, 6.07) is 7.81. The van der Waals surface area contributed by atoms with Gasteiger partial charge in [0.15, 0.2) is 0 Å². The van der Waals surface area contributed by atoms with Crippen LogP contribution in [0.5, 0.6) is 0 Å². The molecule has 1 aliphatic carbocycles. The van der Waals surface area contributed by atoms with Gasteiger partial charge in [0.25, 0.3) is 0 Å². The van der Waals surface area contributed by atoms with E-state index in [9.17, 15) is 4.39 Å². The van der Waals surface area contributed by atoms with Gasteiger partial charge in [0.1, 0.15) is 5.82 Å². The Kier molecular flexibility index (Phi) is 5.38. The van der Waals surface area contributed by atoms with E-state index in [0.29, 0.717) is 5.92 Å². The fourth-order valence-electron chi connectivity index (χ4n) is 2.49. The highest BCUT2D eigenvalue weighted by Crippen LogP contribution is 2.25. The number of hydrogen-bond acceptors (Lipinski definition) is 1. The van der Waals surface area contributed by atoms with Crippen LogP contribution in [0.3, 0.4) is 0 Å². The Hall–Kier alpha value is -0.890. The molecule has 106 valence electrons. The average molecular weight is 263 g/mol. The van der Waals surface area contributed by atoms with Gasteiger partial charge in [-0.05, 0) is 48.8 Å². The molecule has 0 amide bonds. The SMILES string of the molecule is CC(C)CCCC(CNC1CC1)c1ccc(F)cc1. The maximum absolute atomic E-state index is 13.0. The molecule has 1 aromatic carbocycles. The monoisotopic (exact) mass is 263 g/mol. The van der Waals surface area contributed by atoms with Crippen molar-refractivity contribution in [2.75, 3.05) is 6.54 Å². The molecule has 1 unspecified atom stereocenters. The largest absolute Gasteiger partial charge is 0.313 e. The third kappa shape index (κ3) is 5.32. The fourth-order valence-corrected chi connectivity index (χ4v) is 2.49. The predicted molar refractivity (Wildman–Crippen MR) is 78.9 cm³/mol. The lowest BCUT2D eigenvalue weighted by Crippen LogP contribution is -2.23. The Morgan fingerprint density at radius 2 is 1.84 bits per heavy atom. The van der Waals surface area contributed by atoms with Crippen LogP contribution in [0.4, 0.5) is 4.39 Å². The minimum Gasteiger partial charge on any atom is -0.313 e. The van der Waals surface area contributed by atoms with Crippen molar-refractivity contribution in [3.8, 4) is 0 Å². The molecular weight excluding hydrogens is 237 g/mol. The topological polar surface area (TPSA) is 12.0 Å². The molecule has 2 rings (SSSR count). The van der Waals surface area contributed by atoms with Gasteiger partial charge in [-0.3, -0.25) is 0 Å². The first-order valence-electron chi connectivity index (χ1n) is 7.64. The summed E-state index contributed by atoms with van der Waals surface area (Å²) in [6.07, 6.45) is 6.38. The van der Waals surface area contributed by atoms with Gasteiger partial charge >= 0.3 is 0 Å². The van der Waals surface area contributed by atoms with Crippen molar-refractivity contribution in [3.05, 3.63) is 35.6 Å². The molecule has 2 heteroatoms. The normalized spacial score (nSPS) is 16.8. The maximum atomic E-state index is 13.0. The molecular formula is C17H26FN. The van der Waals surface area contributed by atoms with Crippen LogP contribution in [-0.4, -0.2) is 12.6 Å². The molecule has 1 aliphatic rings. The Balaban J connectivity index is 1.89. The number of benzene rings is 1. The molecule has 0 bridgehead atoms. The smallest absolute Gasteiger partial charge is 0.123 e.